The van der Waals surface area contributed by atoms with Gasteiger partial charge in [0.1, 0.15) is 11.6 Å². The average molecular weight is 253 g/mol. The van der Waals surface area contributed by atoms with Gasteiger partial charge in [0.15, 0.2) is 0 Å². The van der Waals surface area contributed by atoms with Gasteiger partial charge in [0.25, 0.3) is 0 Å². The van der Waals surface area contributed by atoms with Crippen LogP contribution >= 0.6 is 0 Å². The molecule has 2 rings (SSSR count). The van der Waals surface area contributed by atoms with Gasteiger partial charge in [-0.25, -0.2) is 8.78 Å². The first kappa shape index (κ1) is 13.5. The molecule has 18 heavy (non-hydrogen) atoms. The predicted molar refractivity (Wildman–Crippen MR) is 69.6 cm³/mol. The lowest BCUT2D eigenvalue weighted by Crippen LogP contribution is -2.37. The molecule has 0 aromatic heterocycles. The number of rotatable bonds is 3. The van der Waals surface area contributed by atoms with Crippen molar-refractivity contribution in [2.45, 2.75) is 45.1 Å². The van der Waals surface area contributed by atoms with Gasteiger partial charge in [-0.2, -0.15) is 0 Å². The van der Waals surface area contributed by atoms with Crippen molar-refractivity contribution in [3.8, 4) is 0 Å². The van der Waals surface area contributed by atoms with Gasteiger partial charge in [0.2, 0.25) is 0 Å². The molecule has 2 atom stereocenters. The van der Waals surface area contributed by atoms with E-state index in [9.17, 15) is 8.78 Å². The van der Waals surface area contributed by atoms with Crippen LogP contribution in [0.4, 0.5) is 8.78 Å². The van der Waals surface area contributed by atoms with Gasteiger partial charge in [-0.3, -0.25) is 0 Å². The minimum absolute atomic E-state index is 0.0800. The van der Waals surface area contributed by atoms with Crippen molar-refractivity contribution in [2.24, 2.45) is 5.92 Å². The summed E-state index contributed by atoms with van der Waals surface area (Å²) in [6, 6.07) is 3.85. The second-order valence-electron chi connectivity index (χ2n) is 6.61. The Labute approximate surface area is 108 Å². The highest BCUT2D eigenvalue weighted by Gasteiger charge is 2.51. The van der Waals surface area contributed by atoms with Crippen LogP contribution in [0.3, 0.4) is 0 Å². The highest BCUT2D eigenvalue weighted by Crippen LogP contribution is 2.53. The zero-order valence-electron chi connectivity index (χ0n) is 11.5. The van der Waals surface area contributed by atoms with Crippen LogP contribution in [0, 0.1) is 17.6 Å². The van der Waals surface area contributed by atoms with Crippen LogP contribution in [0.1, 0.15) is 39.7 Å². The Morgan fingerprint density at radius 1 is 1.22 bits per heavy atom. The molecule has 1 N–H and O–H groups in total. The van der Waals surface area contributed by atoms with Gasteiger partial charge < -0.3 is 5.32 Å². The highest BCUT2D eigenvalue weighted by molar-refractivity contribution is 5.33. The van der Waals surface area contributed by atoms with Gasteiger partial charge in [-0.1, -0.05) is 6.92 Å². The van der Waals surface area contributed by atoms with Gasteiger partial charge in [0, 0.05) is 11.6 Å². The molecule has 1 nitrogen and oxygen atoms in total. The molecule has 2 unspecified atom stereocenters. The fraction of sp³-hybridized carbons (Fsp3) is 0.600. The van der Waals surface area contributed by atoms with Crippen molar-refractivity contribution in [2.75, 3.05) is 6.54 Å². The summed E-state index contributed by atoms with van der Waals surface area (Å²) < 4.78 is 26.5. The van der Waals surface area contributed by atoms with Crippen molar-refractivity contribution >= 4 is 0 Å². The number of halogens is 2. The van der Waals surface area contributed by atoms with Gasteiger partial charge >= 0.3 is 0 Å². The van der Waals surface area contributed by atoms with Crippen LogP contribution in [0.15, 0.2) is 18.2 Å². The Hall–Kier alpha value is -0.960. The maximum atomic E-state index is 13.2. The molecule has 0 amide bonds. The molecule has 0 radical (unpaired) electrons. The zero-order valence-corrected chi connectivity index (χ0v) is 11.5. The second kappa shape index (κ2) is 4.30. The molecule has 0 spiro atoms. The summed E-state index contributed by atoms with van der Waals surface area (Å²) in [7, 11) is 0. The molecule has 0 bridgehead atoms. The third-order valence-corrected chi connectivity index (χ3v) is 3.81. The molecule has 0 heterocycles. The van der Waals surface area contributed by atoms with E-state index >= 15 is 0 Å². The number of hydrogen-bond donors (Lipinski definition) is 1. The first-order valence-corrected chi connectivity index (χ1v) is 6.42. The maximum absolute atomic E-state index is 13.2. The first-order valence-electron chi connectivity index (χ1n) is 6.42. The van der Waals surface area contributed by atoms with Crippen LogP contribution < -0.4 is 5.32 Å². The third kappa shape index (κ3) is 2.89. The van der Waals surface area contributed by atoms with E-state index in [0.29, 0.717) is 5.92 Å². The van der Waals surface area contributed by atoms with E-state index in [1.54, 1.807) is 0 Å². The number of nitrogens with one attached hydrogen (secondary N) is 1. The normalized spacial score (nSPS) is 27.3. The summed E-state index contributed by atoms with van der Waals surface area (Å²) in [5.41, 5.74) is 0.776. The van der Waals surface area contributed by atoms with Gasteiger partial charge in [0.05, 0.1) is 0 Å². The predicted octanol–water partition coefficient (Wildman–Crippen LogP) is 3.63. The molecule has 0 saturated heterocycles. The summed E-state index contributed by atoms with van der Waals surface area (Å²) in [4.78, 5) is 0. The van der Waals surface area contributed by atoms with Crippen LogP contribution in [-0.2, 0) is 5.41 Å². The van der Waals surface area contributed by atoms with E-state index in [1.807, 2.05) is 0 Å². The SMILES string of the molecule is CC(C)(C)NCC1CC1(C)c1cc(F)cc(F)c1. The largest absolute Gasteiger partial charge is 0.312 e. The molecule has 3 heteroatoms. The fourth-order valence-corrected chi connectivity index (χ4v) is 2.42. The zero-order chi connectivity index (χ0) is 13.6. The van der Waals surface area contributed by atoms with Crippen molar-refractivity contribution in [1.82, 2.24) is 5.32 Å². The minimum atomic E-state index is -0.486. The van der Waals surface area contributed by atoms with Crippen LogP contribution in [0.5, 0.6) is 0 Å². The molecule has 1 aliphatic rings. The van der Waals surface area contributed by atoms with Crippen LogP contribution in [0.2, 0.25) is 0 Å². The van der Waals surface area contributed by atoms with Crippen molar-refractivity contribution in [3.63, 3.8) is 0 Å². The molecule has 100 valence electrons. The second-order valence-corrected chi connectivity index (χ2v) is 6.61. The molecule has 1 saturated carbocycles. The van der Waals surface area contributed by atoms with Crippen molar-refractivity contribution in [1.29, 1.82) is 0 Å². The molecule has 1 aromatic rings. The summed E-state index contributed by atoms with van der Waals surface area (Å²) >= 11 is 0. The number of benzene rings is 1. The van der Waals surface area contributed by atoms with Gasteiger partial charge in [-0.15, -0.1) is 0 Å². The van der Waals surface area contributed by atoms with E-state index in [-0.39, 0.29) is 11.0 Å². The fourth-order valence-electron chi connectivity index (χ4n) is 2.42. The monoisotopic (exact) mass is 253 g/mol. The van der Waals surface area contributed by atoms with Crippen molar-refractivity contribution < 1.29 is 8.78 Å². The van der Waals surface area contributed by atoms with E-state index < -0.39 is 11.6 Å². The van der Waals surface area contributed by atoms with E-state index in [1.165, 1.54) is 12.1 Å². The van der Waals surface area contributed by atoms with Crippen LogP contribution in [-0.4, -0.2) is 12.1 Å². The van der Waals surface area contributed by atoms with Crippen molar-refractivity contribution in [3.05, 3.63) is 35.4 Å². The lowest BCUT2D eigenvalue weighted by molar-refractivity contribution is 0.406. The lowest BCUT2D eigenvalue weighted by Gasteiger charge is -2.21. The van der Waals surface area contributed by atoms with E-state index in [2.05, 4.69) is 33.0 Å². The Morgan fingerprint density at radius 3 is 2.28 bits per heavy atom. The third-order valence-electron chi connectivity index (χ3n) is 3.81. The van der Waals surface area contributed by atoms with E-state index in [0.717, 1.165) is 24.6 Å². The van der Waals surface area contributed by atoms with Gasteiger partial charge in [-0.05, 0) is 62.8 Å². The average Bonchev–Trinajstić information content (AvgIpc) is 2.86. The first-order chi connectivity index (χ1) is 8.21. The summed E-state index contributed by atoms with van der Waals surface area (Å²) in [6.45, 7) is 9.33. The maximum Gasteiger partial charge on any atom is 0.126 e. The highest BCUT2D eigenvalue weighted by atomic mass is 19.1. The lowest BCUT2D eigenvalue weighted by atomic mass is 9.95. The Kier molecular flexibility index (Phi) is 3.22. The molecule has 1 aliphatic carbocycles. The molecular weight excluding hydrogens is 232 g/mol. The minimum Gasteiger partial charge on any atom is -0.312 e. The van der Waals surface area contributed by atoms with E-state index in [4.69, 9.17) is 0 Å². The summed E-state index contributed by atoms with van der Waals surface area (Å²) in [6.07, 6.45) is 0.985. The van der Waals surface area contributed by atoms with Crippen LogP contribution in [0.25, 0.3) is 0 Å². The molecule has 0 aliphatic heterocycles. The Bertz CT molecular complexity index is 430. The standard InChI is InChI=1S/C15H21F2N/c1-14(2,3)18-9-11-8-15(11,4)10-5-12(16)7-13(17)6-10/h5-7,11,18H,8-9H2,1-4H3. The summed E-state index contributed by atoms with van der Waals surface area (Å²) in [5.74, 6) is -0.515. The molecular formula is C15H21F2N. The Balaban J connectivity index is 2.06. The molecule has 1 aromatic carbocycles. The molecule has 1 fully saturated rings. The quantitative estimate of drug-likeness (QED) is 0.867. The smallest absolute Gasteiger partial charge is 0.126 e. The Morgan fingerprint density at radius 2 is 1.78 bits per heavy atom. The summed E-state index contributed by atoms with van der Waals surface area (Å²) in [5, 5.41) is 3.45. The number of hydrogen-bond acceptors (Lipinski definition) is 1. The topological polar surface area (TPSA) is 12.0 Å².